The predicted molar refractivity (Wildman–Crippen MR) is 64.2 cm³/mol. The summed E-state index contributed by atoms with van der Waals surface area (Å²) >= 11 is 0. The summed E-state index contributed by atoms with van der Waals surface area (Å²) in [5.74, 6) is 1.73. The van der Waals surface area contributed by atoms with Gasteiger partial charge in [-0.1, -0.05) is 6.42 Å². The minimum absolute atomic E-state index is 0.830. The Kier molecular flexibility index (Phi) is 2.96. The topological polar surface area (TPSA) is 29.9 Å². The zero-order chi connectivity index (χ0) is 10.8. The summed E-state index contributed by atoms with van der Waals surface area (Å²) < 4.78 is 2.25. The Labute approximate surface area is 97.2 Å². The van der Waals surface area contributed by atoms with Gasteiger partial charge < -0.3 is 5.32 Å². The molecule has 16 heavy (non-hydrogen) atoms. The lowest BCUT2D eigenvalue weighted by atomic mass is 9.85. The van der Waals surface area contributed by atoms with Gasteiger partial charge in [-0.3, -0.25) is 4.68 Å². The van der Waals surface area contributed by atoms with Crippen LogP contribution in [0, 0.1) is 11.8 Å². The Hall–Kier alpha value is -0.830. The van der Waals surface area contributed by atoms with Crippen LogP contribution in [0.2, 0.25) is 0 Å². The summed E-state index contributed by atoms with van der Waals surface area (Å²) in [6.45, 7) is 3.54. The van der Waals surface area contributed by atoms with Crippen LogP contribution >= 0.6 is 0 Å². The van der Waals surface area contributed by atoms with E-state index in [1.165, 1.54) is 50.9 Å². The number of aromatic nitrogens is 2. The fraction of sp³-hybridized carbons (Fsp3) is 0.769. The first-order valence-electron chi connectivity index (χ1n) is 6.63. The van der Waals surface area contributed by atoms with E-state index in [4.69, 9.17) is 0 Å². The van der Waals surface area contributed by atoms with Crippen molar-refractivity contribution in [1.82, 2.24) is 15.1 Å². The minimum Gasteiger partial charge on any atom is -0.316 e. The van der Waals surface area contributed by atoms with E-state index in [1.54, 1.807) is 0 Å². The molecule has 1 N–H and O–H groups in total. The van der Waals surface area contributed by atoms with Gasteiger partial charge in [0.1, 0.15) is 0 Å². The molecule has 2 aliphatic rings. The second kappa shape index (κ2) is 4.58. The molecule has 1 saturated heterocycles. The summed E-state index contributed by atoms with van der Waals surface area (Å²) in [6, 6.07) is 2.21. The highest BCUT2D eigenvalue weighted by Gasteiger charge is 2.21. The first-order chi connectivity index (χ1) is 7.92. The lowest BCUT2D eigenvalue weighted by Gasteiger charge is -2.26. The lowest BCUT2D eigenvalue weighted by molar-refractivity contribution is 0.262. The molecule has 1 aliphatic carbocycles. The highest BCUT2D eigenvalue weighted by atomic mass is 15.3. The van der Waals surface area contributed by atoms with Gasteiger partial charge in [-0.15, -0.1) is 0 Å². The van der Waals surface area contributed by atoms with E-state index >= 15 is 0 Å². The highest BCUT2D eigenvalue weighted by molar-refractivity contribution is 5.03. The molecule has 1 atom stereocenters. The standard InChI is InChI=1S/C13H21N3/c1-2-11(3-1)10-16-13(5-7-15-16)8-12-4-6-14-9-12/h5,7,11-12,14H,1-4,6,8-10H2. The first-order valence-corrected chi connectivity index (χ1v) is 6.63. The molecule has 1 saturated carbocycles. The molecule has 1 unspecified atom stereocenters. The molecule has 0 amide bonds. The van der Waals surface area contributed by atoms with Gasteiger partial charge >= 0.3 is 0 Å². The Morgan fingerprint density at radius 3 is 2.94 bits per heavy atom. The van der Waals surface area contributed by atoms with Gasteiger partial charge in [0.15, 0.2) is 0 Å². The third-order valence-electron chi connectivity index (χ3n) is 4.12. The molecule has 0 aromatic carbocycles. The van der Waals surface area contributed by atoms with E-state index in [1.807, 2.05) is 6.20 Å². The van der Waals surface area contributed by atoms with Crippen molar-refractivity contribution >= 4 is 0 Å². The molecule has 3 heteroatoms. The van der Waals surface area contributed by atoms with E-state index < -0.39 is 0 Å². The van der Waals surface area contributed by atoms with E-state index in [9.17, 15) is 0 Å². The van der Waals surface area contributed by atoms with Gasteiger partial charge in [0, 0.05) is 18.4 Å². The third-order valence-corrected chi connectivity index (χ3v) is 4.12. The van der Waals surface area contributed by atoms with Crippen LogP contribution in [0.25, 0.3) is 0 Å². The van der Waals surface area contributed by atoms with Crippen molar-refractivity contribution in [2.45, 2.75) is 38.6 Å². The molecule has 0 spiro atoms. The average Bonchev–Trinajstić information content (AvgIpc) is 2.84. The van der Waals surface area contributed by atoms with Gasteiger partial charge in [-0.25, -0.2) is 0 Å². The molecular weight excluding hydrogens is 198 g/mol. The van der Waals surface area contributed by atoms with E-state index in [-0.39, 0.29) is 0 Å². The number of nitrogens with zero attached hydrogens (tertiary/aromatic N) is 2. The highest BCUT2D eigenvalue weighted by Crippen LogP contribution is 2.28. The summed E-state index contributed by atoms with van der Waals surface area (Å²) in [7, 11) is 0. The largest absolute Gasteiger partial charge is 0.316 e. The van der Waals surface area contributed by atoms with Gasteiger partial charge in [0.2, 0.25) is 0 Å². The van der Waals surface area contributed by atoms with Gasteiger partial charge in [-0.2, -0.15) is 5.10 Å². The molecule has 0 radical (unpaired) electrons. The Morgan fingerprint density at radius 2 is 2.25 bits per heavy atom. The van der Waals surface area contributed by atoms with Crippen LogP contribution < -0.4 is 5.32 Å². The van der Waals surface area contributed by atoms with Crippen LogP contribution in [-0.2, 0) is 13.0 Å². The molecule has 2 heterocycles. The Morgan fingerprint density at radius 1 is 1.31 bits per heavy atom. The molecule has 3 nitrogen and oxygen atoms in total. The second-order valence-corrected chi connectivity index (χ2v) is 5.36. The summed E-state index contributed by atoms with van der Waals surface area (Å²) in [5.41, 5.74) is 1.45. The van der Waals surface area contributed by atoms with E-state index in [0.717, 1.165) is 18.4 Å². The molecule has 88 valence electrons. The van der Waals surface area contributed by atoms with Gasteiger partial charge in [-0.05, 0) is 56.7 Å². The molecule has 1 aromatic rings. The number of nitrogens with one attached hydrogen (secondary N) is 1. The second-order valence-electron chi connectivity index (χ2n) is 5.36. The monoisotopic (exact) mass is 219 g/mol. The van der Waals surface area contributed by atoms with Crippen molar-refractivity contribution in [2.75, 3.05) is 13.1 Å². The minimum atomic E-state index is 0.830. The third kappa shape index (κ3) is 2.14. The summed E-state index contributed by atoms with van der Waals surface area (Å²) in [5, 5.41) is 7.91. The van der Waals surface area contributed by atoms with Crippen LogP contribution in [0.5, 0.6) is 0 Å². The zero-order valence-corrected chi connectivity index (χ0v) is 9.86. The molecule has 1 aliphatic heterocycles. The maximum Gasteiger partial charge on any atom is 0.0492 e. The van der Waals surface area contributed by atoms with Crippen LogP contribution in [0.1, 0.15) is 31.4 Å². The van der Waals surface area contributed by atoms with E-state index in [0.29, 0.717) is 0 Å². The smallest absolute Gasteiger partial charge is 0.0492 e. The van der Waals surface area contributed by atoms with Crippen LogP contribution in [0.4, 0.5) is 0 Å². The van der Waals surface area contributed by atoms with Crippen molar-refractivity contribution in [2.24, 2.45) is 11.8 Å². The van der Waals surface area contributed by atoms with Gasteiger partial charge in [0.25, 0.3) is 0 Å². The maximum atomic E-state index is 4.48. The number of rotatable bonds is 4. The normalized spacial score (nSPS) is 25.9. The summed E-state index contributed by atoms with van der Waals surface area (Å²) in [4.78, 5) is 0. The zero-order valence-electron chi connectivity index (χ0n) is 9.86. The number of hydrogen-bond acceptors (Lipinski definition) is 2. The Balaban J connectivity index is 1.61. The van der Waals surface area contributed by atoms with Crippen LogP contribution in [0.3, 0.4) is 0 Å². The van der Waals surface area contributed by atoms with Crippen molar-refractivity contribution in [1.29, 1.82) is 0 Å². The van der Waals surface area contributed by atoms with Gasteiger partial charge in [0.05, 0.1) is 0 Å². The van der Waals surface area contributed by atoms with Crippen molar-refractivity contribution in [3.8, 4) is 0 Å². The molecule has 1 aromatic heterocycles. The maximum absolute atomic E-state index is 4.48. The quantitative estimate of drug-likeness (QED) is 0.837. The molecule has 3 rings (SSSR count). The predicted octanol–water partition coefficient (Wildman–Crippen LogP) is 1.84. The molecule has 0 bridgehead atoms. The SMILES string of the molecule is c1cc(CC2CCNC2)n(CC2CCC2)n1. The summed E-state index contributed by atoms with van der Waals surface area (Å²) in [6.07, 6.45) is 8.74. The van der Waals surface area contributed by atoms with E-state index in [2.05, 4.69) is 21.2 Å². The molecule has 2 fully saturated rings. The number of hydrogen-bond donors (Lipinski definition) is 1. The molecular formula is C13H21N3. The van der Waals surface area contributed by atoms with Crippen molar-refractivity contribution < 1.29 is 0 Å². The fourth-order valence-electron chi connectivity index (χ4n) is 2.80. The average molecular weight is 219 g/mol. The van der Waals surface area contributed by atoms with Crippen LogP contribution in [0.15, 0.2) is 12.3 Å². The van der Waals surface area contributed by atoms with Crippen molar-refractivity contribution in [3.05, 3.63) is 18.0 Å². The Bertz CT molecular complexity index is 335. The van der Waals surface area contributed by atoms with Crippen LogP contribution in [-0.4, -0.2) is 22.9 Å². The van der Waals surface area contributed by atoms with Crippen molar-refractivity contribution in [3.63, 3.8) is 0 Å². The first kappa shape index (κ1) is 10.3. The lowest BCUT2D eigenvalue weighted by Crippen LogP contribution is -2.21. The fourth-order valence-corrected chi connectivity index (χ4v) is 2.80.